The Morgan fingerprint density at radius 1 is 0.735 bits per heavy atom. The van der Waals surface area contributed by atoms with Crippen molar-refractivity contribution in [3.8, 4) is 11.3 Å². The van der Waals surface area contributed by atoms with Crippen molar-refractivity contribution in [3.63, 3.8) is 0 Å². The van der Waals surface area contributed by atoms with E-state index >= 15 is 0 Å². The van der Waals surface area contributed by atoms with Gasteiger partial charge in [-0.25, -0.2) is 0 Å². The highest BCUT2D eigenvalue weighted by molar-refractivity contribution is 9.10. The zero-order chi connectivity index (χ0) is 23.7. The maximum absolute atomic E-state index is 13.5. The Bertz CT molecular complexity index is 1370. The van der Waals surface area contributed by atoms with Crippen LogP contribution in [-0.2, 0) is 9.59 Å². The molecule has 0 atom stereocenters. The summed E-state index contributed by atoms with van der Waals surface area (Å²) in [6.07, 6.45) is 1.47. The minimum Gasteiger partial charge on any atom is -0.457 e. The molecule has 2 amide bonds. The highest BCUT2D eigenvalue weighted by Crippen LogP contribution is 2.31. The molecule has 1 fully saturated rings. The summed E-state index contributed by atoms with van der Waals surface area (Å²) in [6.45, 7) is 0. The van der Waals surface area contributed by atoms with Crippen molar-refractivity contribution in [1.29, 1.82) is 0 Å². The summed E-state index contributed by atoms with van der Waals surface area (Å²) in [5.41, 5.74) is 1.98. The average molecular weight is 529 g/mol. The first-order valence-electron chi connectivity index (χ1n) is 10.4. The van der Waals surface area contributed by atoms with Crippen LogP contribution in [0.1, 0.15) is 5.76 Å². The minimum atomic E-state index is -0.506. The van der Waals surface area contributed by atoms with Gasteiger partial charge in [-0.3, -0.25) is 19.4 Å². The Hall–Kier alpha value is -3.81. The van der Waals surface area contributed by atoms with Crippen molar-refractivity contribution >= 4 is 62.5 Å². The van der Waals surface area contributed by atoms with E-state index in [1.165, 1.54) is 15.9 Å². The standard InChI is InChI=1S/C27H17BrN2O3S/c28-19-9-7-8-18(16-19)24-15-14-22(33-24)17-23-25(31)29(20-10-3-1-4-11-20)27(34)30(26(23)32)21-12-5-2-6-13-21/h1-17H. The van der Waals surface area contributed by atoms with Crippen LogP contribution in [0.4, 0.5) is 11.4 Å². The van der Waals surface area contributed by atoms with Crippen molar-refractivity contribution in [2.75, 3.05) is 9.80 Å². The Morgan fingerprint density at radius 3 is 1.88 bits per heavy atom. The molecule has 0 radical (unpaired) electrons. The van der Waals surface area contributed by atoms with E-state index in [0.29, 0.717) is 22.9 Å². The lowest BCUT2D eigenvalue weighted by molar-refractivity contribution is -0.120. The van der Waals surface area contributed by atoms with E-state index in [0.717, 1.165) is 10.0 Å². The fourth-order valence-electron chi connectivity index (χ4n) is 3.71. The van der Waals surface area contributed by atoms with Crippen molar-refractivity contribution in [2.45, 2.75) is 0 Å². The summed E-state index contributed by atoms with van der Waals surface area (Å²) in [5, 5.41) is 0.0961. The zero-order valence-corrected chi connectivity index (χ0v) is 20.1. The van der Waals surface area contributed by atoms with E-state index in [-0.39, 0.29) is 10.7 Å². The first kappa shape index (κ1) is 22.0. The molecule has 166 valence electrons. The third-order valence-electron chi connectivity index (χ3n) is 5.30. The van der Waals surface area contributed by atoms with Gasteiger partial charge in [0.15, 0.2) is 5.11 Å². The topological polar surface area (TPSA) is 53.8 Å². The third-order valence-corrected chi connectivity index (χ3v) is 6.16. The SMILES string of the molecule is O=C1C(=Cc2ccc(-c3cccc(Br)c3)o2)C(=O)N(c2ccccc2)C(=S)N1c1ccccc1. The lowest BCUT2D eigenvalue weighted by Crippen LogP contribution is -2.56. The molecule has 5 nitrogen and oxygen atoms in total. The Morgan fingerprint density at radius 2 is 1.32 bits per heavy atom. The van der Waals surface area contributed by atoms with Crippen LogP contribution in [-0.4, -0.2) is 16.9 Å². The number of rotatable bonds is 4. The van der Waals surface area contributed by atoms with Gasteiger partial charge in [-0.15, -0.1) is 0 Å². The van der Waals surface area contributed by atoms with Crippen LogP contribution in [0, 0.1) is 0 Å². The van der Waals surface area contributed by atoms with E-state index < -0.39 is 11.8 Å². The summed E-state index contributed by atoms with van der Waals surface area (Å²) in [4.78, 5) is 29.8. The van der Waals surface area contributed by atoms with Crippen LogP contribution in [0.25, 0.3) is 17.4 Å². The number of halogens is 1. The summed E-state index contributed by atoms with van der Waals surface area (Å²) >= 11 is 9.08. The zero-order valence-electron chi connectivity index (χ0n) is 17.7. The number of furan rings is 1. The number of nitrogens with zero attached hydrogens (tertiary/aromatic N) is 2. The van der Waals surface area contributed by atoms with Crippen molar-refractivity contribution < 1.29 is 14.0 Å². The van der Waals surface area contributed by atoms with E-state index in [1.54, 1.807) is 36.4 Å². The normalized spacial score (nSPS) is 14.0. The Balaban J connectivity index is 1.59. The molecule has 1 aromatic heterocycles. The molecule has 0 spiro atoms. The van der Waals surface area contributed by atoms with Gasteiger partial charge in [0, 0.05) is 10.0 Å². The molecular formula is C27H17BrN2O3S. The van der Waals surface area contributed by atoms with Crippen LogP contribution in [0.5, 0.6) is 0 Å². The van der Waals surface area contributed by atoms with Gasteiger partial charge < -0.3 is 4.42 Å². The van der Waals surface area contributed by atoms with E-state index in [4.69, 9.17) is 16.6 Å². The molecule has 3 aromatic carbocycles. The molecule has 1 aliphatic heterocycles. The second-order valence-electron chi connectivity index (χ2n) is 7.51. The molecule has 7 heteroatoms. The number of carbonyl (C=O) groups excluding carboxylic acids is 2. The van der Waals surface area contributed by atoms with Crippen molar-refractivity contribution in [2.24, 2.45) is 0 Å². The molecular weight excluding hydrogens is 512 g/mol. The van der Waals surface area contributed by atoms with Gasteiger partial charge in [0.1, 0.15) is 17.1 Å². The molecule has 0 saturated carbocycles. The Kier molecular flexibility index (Phi) is 5.96. The van der Waals surface area contributed by atoms with Gasteiger partial charge in [0.2, 0.25) is 0 Å². The van der Waals surface area contributed by atoms with E-state index in [9.17, 15) is 9.59 Å². The van der Waals surface area contributed by atoms with Crippen LogP contribution in [0.15, 0.2) is 112 Å². The van der Waals surface area contributed by atoms with Crippen molar-refractivity contribution in [3.05, 3.63) is 113 Å². The summed E-state index contributed by atoms with van der Waals surface area (Å²) in [5.74, 6) is 0.00213. The summed E-state index contributed by atoms with van der Waals surface area (Å²) in [7, 11) is 0. The molecule has 0 bridgehead atoms. The van der Waals surface area contributed by atoms with E-state index in [2.05, 4.69) is 15.9 Å². The molecule has 5 rings (SSSR count). The van der Waals surface area contributed by atoms with Gasteiger partial charge >= 0.3 is 0 Å². The number of hydrogen-bond acceptors (Lipinski definition) is 4. The molecule has 2 heterocycles. The number of anilines is 2. The van der Waals surface area contributed by atoms with Crippen LogP contribution in [0.3, 0.4) is 0 Å². The molecule has 34 heavy (non-hydrogen) atoms. The lowest BCUT2D eigenvalue weighted by atomic mass is 10.1. The van der Waals surface area contributed by atoms with Crippen LogP contribution in [0.2, 0.25) is 0 Å². The lowest BCUT2D eigenvalue weighted by Gasteiger charge is -2.36. The molecule has 1 aliphatic rings. The van der Waals surface area contributed by atoms with Crippen LogP contribution >= 0.6 is 28.1 Å². The number of carbonyl (C=O) groups is 2. The highest BCUT2D eigenvalue weighted by Gasteiger charge is 2.41. The second-order valence-corrected chi connectivity index (χ2v) is 8.79. The number of amides is 2. The highest BCUT2D eigenvalue weighted by atomic mass is 79.9. The average Bonchev–Trinajstić information content (AvgIpc) is 3.32. The Labute approximate surface area is 210 Å². The number of para-hydroxylation sites is 2. The molecule has 4 aromatic rings. The summed E-state index contributed by atoms with van der Waals surface area (Å²) < 4.78 is 6.88. The molecule has 0 unspecified atom stereocenters. The molecule has 1 saturated heterocycles. The fourth-order valence-corrected chi connectivity index (χ4v) is 4.48. The largest absolute Gasteiger partial charge is 0.457 e. The maximum atomic E-state index is 13.5. The first-order valence-corrected chi connectivity index (χ1v) is 11.6. The molecule has 0 aliphatic carbocycles. The van der Waals surface area contributed by atoms with Gasteiger partial charge in [-0.05, 0) is 66.8 Å². The summed E-state index contributed by atoms with van der Waals surface area (Å²) in [6, 6.07) is 29.3. The first-order chi connectivity index (χ1) is 16.5. The number of hydrogen-bond donors (Lipinski definition) is 0. The van der Waals surface area contributed by atoms with Gasteiger partial charge in [-0.1, -0.05) is 64.5 Å². The predicted molar refractivity (Wildman–Crippen MR) is 140 cm³/mol. The smallest absolute Gasteiger partial charge is 0.270 e. The van der Waals surface area contributed by atoms with Gasteiger partial charge in [-0.2, -0.15) is 0 Å². The van der Waals surface area contributed by atoms with Crippen molar-refractivity contribution in [1.82, 2.24) is 0 Å². The van der Waals surface area contributed by atoms with Crippen LogP contribution < -0.4 is 9.80 Å². The predicted octanol–water partition coefficient (Wildman–Crippen LogP) is 6.46. The maximum Gasteiger partial charge on any atom is 0.270 e. The number of benzene rings is 3. The monoisotopic (exact) mass is 528 g/mol. The fraction of sp³-hybridized carbons (Fsp3) is 0. The third kappa shape index (κ3) is 4.11. The second kappa shape index (κ2) is 9.21. The number of thiocarbonyl (C=S) groups is 1. The quantitative estimate of drug-likeness (QED) is 0.173. The van der Waals surface area contributed by atoms with Gasteiger partial charge in [0.05, 0.1) is 11.4 Å². The molecule has 0 N–H and O–H groups in total. The van der Waals surface area contributed by atoms with E-state index in [1.807, 2.05) is 60.7 Å². The minimum absolute atomic E-state index is 0.0450. The van der Waals surface area contributed by atoms with Gasteiger partial charge in [0.25, 0.3) is 11.8 Å².